The Kier molecular flexibility index (Phi) is 8.76. The summed E-state index contributed by atoms with van der Waals surface area (Å²) in [4.78, 5) is 12.4. The van der Waals surface area contributed by atoms with Gasteiger partial charge in [-0.2, -0.15) is 0 Å². The third-order valence-electron chi connectivity index (χ3n) is 3.96. The van der Waals surface area contributed by atoms with Crippen molar-refractivity contribution in [1.82, 2.24) is 5.32 Å². The van der Waals surface area contributed by atoms with E-state index in [1.165, 1.54) is 11.1 Å². The van der Waals surface area contributed by atoms with E-state index in [1.807, 2.05) is 24.3 Å². The molecule has 0 unspecified atom stereocenters. The molecule has 0 saturated heterocycles. The molecular formula is C22H32N2O. The van der Waals surface area contributed by atoms with Crippen LogP contribution in [0.15, 0.2) is 59.3 Å². The lowest BCUT2D eigenvalue weighted by Crippen LogP contribution is -2.25. The zero-order valence-electron chi connectivity index (χ0n) is 16.2. The van der Waals surface area contributed by atoms with E-state index < -0.39 is 0 Å². The fraction of sp³-hybridized carbons (Fsp3) is 0.409. The van der Waals surface area contributed by atoms with Gasteiger partial charge in [0.25, 0.3) is 5.91 Å². The van der Waals surface area contributed by atoms with Gasteiger partial charge in [0.2, 0.25) is 0 Å². The van der Waals surface area contributed by atoms with Crippen LogP contribution in [0, 0.1) is 5.92 Å². The first-order valence-corrected chi connectivity index (χ1v) is 8.99. The summed E-state index contributed by atoms with van der Waals surface area (Å²) in [6.45, 7) is 10.8. The normalized spacial score (nSPS) is 13.3. The Labute approximate surface area is 152 Å². The summed E-state index contributed by atoms with van der Waals surface area (Å²) in [5.74, 6) is 0.470. The van der Waals surface area contributed by atoms with Crippen LogP contribution >= 0.6 is 0 Å². The molecule has 0 aliphatic rings. The molecule has 0 aromatic heterocycles. The van der Waals surface area contributed by atoms with Gasteiger partial charge in [0.05, 0.1) is 5.57 Å². The third kappa shape index (κ3) is 7.88. The Hall–Kier alpha value is -2.29. The summed E-state index contributed by atoms with van der Waals surface area (Å²) in [6, 6.07) is 8.36. The highest BCUT2D eigenvalue weighted by Crippen LogP contribution is 2.11. The van der Waals surface area contributed by atoms with Crippen molar-refractivity contribution >= 4 is 5.91 Å². The van der Waals surface area contributed by atoms with Gasteiger partial charge in [0.15, 0.2) is 0 Å². The summed E-state index contributed by atoms with van der Waals surface area (Å²) >= 11 is 0. The summed E-state index contributed by atoms with van der Waals surface area (Å²) < 4.78 is 0. The number of carbonyl (C=O) groups is 1. The smallest absolute Gasteiger partial charge is 0.253 e. The Morgan fingerprint density at radius 1 is 1.24 bits per heavy atom. The summed E-state index contributed by atoms with van der Waals surface area (Å²) in [5.41, 5.74) is 10.6. The minimum atomic E-state index is -0.145. The zero-order valence-corrected chi connectivity index (χ0v) is 16.2. The Balaban J connectivity index is 2.75. The van der Waals surface area contributed by atoms with Crippen molar-refractivity contribution in [2.75, 3.05) is 0 Å². The zero-order chi connectivity index (χ0) is 18.8. The predicted molar refractivity (Wildman–Crippen MR) is 107 cm³/mol. The average Bonchev–Trinajstić information content (AvgIpc) is 2.55. The molecular weight excluding hydrogens is 308 g/mol. The van der Waals surface area contributed by atoms with Crippen LogP contribution in [0.1, 0.15) is 52.2 Å². The highest BCUT2D eigenvalue weighted by atomic mass is 16.1. The first kappa shape index (κ1) is 20.8. The van der Waals surface area contributed by atoms with Crippen LogP contribution in [0.25, 0.3) is 0 Å². The number of nitrogens with one attached hydrogen (secondary N) is 1. The van der Waals surface area contributed by atoms with Crippen LogP contribution in [-0.2, 0) is 17.8 Å². The molecule has 3 nitrogen and oxygen atoms in total. The van der Waals surface area contributed by atoms with Crippen LogP contribution in [0.3, 0.4) is 0 Å². The number of hydrogen-bond donors (Lipinski definition) is 2. The number of nitrogens with two attached hydrogens (primary N) is 1. The van der Waals surface area contributed by atoms with E-state index in [0.717, 1.165) is 18.4 Å². The topological polar surface area (TPSA) is 55.1 Å². The number of benzene rings is 1. The van der Waals surface area contributed by atoms with Crippen LogP contribution in [0.2, 0.25) is 0 Å². The first-order valence-electron chi connectivity index (χ1n) is 8.99. The predicted octanol–water partition coefficient (Wildman–Crippen LogP) is 4.65. The molecule has 136 valence electrons. The maximum Gasteiger partial charge on any atom is 0.253 e. The molecule has 0 aliphatic heterocycles. The maximum atomic E-state index is 12.4. The molecule has 0 radical (unpaired) electrons. The lowest BCUT2D eigenvalue weighted by molar-refractivity contribution is -0.117. The molecule has 1 rings (SSSR count). The van der Waals surface area contributed by atoms with Gasteiger partial charge >= 0.3 is 0 Å². The van der Waals surface area contributed by atoms with Gasteiger partial charge in [0, 0.05) is 12.2 Å². The molecule has 0 atom stereocenters. The fourth-order valence-electron chi connectivity index (χ4n) is 2.43. The Morgan fingerprint density at radius 3 is 2.52 bits per heavy atom. The number of hydrogen-bond acceptors (Lipinski definition) is 2. The highest BCUT2D eigenvalue weighted by Gasteiger charge is 2.08. The highest BCUT2D eigenvalue weighted by molar-refractivity contribution is 5.96. The van der Waals surface area contributed by atoms with E-state index in [0.29, 0.717) is 23.7 Å². The molecule has 0 fully saturated rings. The molecule has 3 heteroatoms. The van der Waals surface area contributed by atoms with Crippen molar-refractivity contribution in [3.05, 3.63) is 70.5 Å². The van der Waals surface area contributed by atoms with Crippen molar-refractivity contribution < 1.29 is 4.79 Å². The van der Waals surface area contributed by atoms with Gasteiger partial charge in [-0.15, -0.1) is 0 Å². The quantitative estimate of drug-likeness (QED) is 0.535. The van der Waals surface area contributed by atoms with E-state index in [-0.39, 0.29) is 5.91 Å². The third-order valence-corrected chi connectivity index (χ3v) is 3.96. The summed E-state index contributed by atoms with van der Waals surface area (Å²) in [6.07, 6.45) is 7.70. The number of carbonyl (C=O) groups excluding carboxylic acids is 1. The van der Waals surface area contributed by atoms with Crippen LogP contribution in [0.4, 0.5) is 0 Å². The van der Waals surface area contributed by atoms with Gasteiger partial charge in [0.1, 0.15) is 0 Å². The monoisotopic (exact) mass is 340 g/mol. The number of rotatable bonds is 8. The summed E-state index contributed by atoms with van der Waals surface area (Å²) in [7, 11) is 0. The van der Waals surface area contributed by atoms with E-state index in [4.69, 9.17) is 5.73 Å². The van der Waals surface area contributed by atoms with Gasteiger partial charge in [-0.1, -0.05) is 62.8 Å². The standard InChI is InChI=1S/C22H32N2O/c1-6-17(4)9-7-12-21(18(5)23)22(25)24-15-20-11-8-10-19(14-20)13-16(2)3/h7-12,14,16H,6,13,15,23H2,1-5H3,(H,24,25)/b12-7-,17-9?,21-18-. The van der Waals surface area contributed by atoms with Crippen molar-refractivity contribution in [3.8, 4) is 0 Å². The van der Waals surface area contributed by atoms with E-state index in [9.17, 15) is 4.79 Å². The molecule has 0 aliphatic carbocycles. The second-order valence-corrected chi connectivity index (χ2v) is 6.92. The molecule has 0 bridgehead atoms. The van der Waals surface area contributed by atoms with Crippen molar-refractivity contribution in [2.45, 2.75) is 54.0 Å². The lowest BCUT2D eigenvalue weighted by Gasteiger charge is -2.10. The SMILES string of the molecule is CCC(C)=C/C=C\C(C(=O)NCc1cccc(CC(C)C)c1)=C(/C)N. The molecule has 1 aromatic rings. The maximum absolute atomic E-state index is 12.4. The molecule has 1 amide bonds. The minimum Gasteiger partial charge on any atom is -0.402 e. The second-order valence-electron chi connectivity index (χ2n) is 6.92. The van der Waals surface area contributed by atoms with Gasteiger partial charge in [-0.25, -0.2) is 0 Å². The minimum absolute atomic E-state index is 0.145. The molecule has 0 heterocycles. The van der Waals surface area contributed by atoms with Crippen molar-refractivity contribution in [3.63, 3.8) is 0 Å². The van der Waals surface area contributed by atoms with Gasteiger partial charge in [-0.05, 0) is 49.8 Å². The molecule has 3 N–H and O–H groups in total. The largest absolute Gasteiger partial charge is 0.402 e. The van der Waals surface area contributed by atoms with Crippen LogP contribution in [0.5, 0.6) is 0 Å². The van der Waals surface area contributed by atoms with Crippen LogP contribution in [-0.4, -0.2) is 5.91 Å². The second kappa shape index (κ2) is 10.5. The van der Waals surface area contributed by atoms with Crippen molar-refractivity contribution in [1.29, 1.82) is 0 Å². The van der Waals surface area contributed by atoms with Crippen molar-refractivity contribution in [2.24, 2.45) is 11.7 Å². The summed E-state index contributed by atoms with van der Waals surface area (Å²) in [5, 5.41) is 2.96. The van der Waals surface area contributed by atoms with Gasteiger partial charge < -0.3 is 11.1 Å². The Morgan fingerprint density at radius 2 is 1.92 bits per heavy atom. The Bertz CT molecular complexity index is 662. The lowest BCUT2D eigenvalue weighted by atomic mass is 10.0. The molecule has 25 heavy (non-hydrogen) atoms. The van der Waals surface area contributed by atoms with E-state index in [1.54, 1.807) is 13.0 Å². The van der Waals surface area contributed by atoms with E-state index in [2.05, 4.69) is 45.1 Å². The first-order chi connectivity index (χ1) is 11.8. The number of allylic oxidation sites excluding steroid dienone is 4. The fourth-order valence-corrected chi connectivity index (χ4v) is 2.43. The van der Waals surface area contributed by atoms with Crippen LogP contribution < -0.4 is 11.1 Å². The van der Waals surface area contributed by atoms with E-state index >= 15 is 0 Å². The number of amides is 1. The average molecular weight is 341 g/mol. The molecule has 0 saturated carbocycles. The van der Waals surface area contributed by atoms with Gasteiger partial charge in [-0.3, -0.25) is 4.79 Å². The molecule has 0 spiro atoms. The molecule has 1 aromatic carbocycles.